The zero-order valence-electron chi connectivity index (χ0n) is 12.5. The second kappa shape index (κ2) is 7.96. The van der Waals surface area contributed by atoms with Crippen LogP contribution in [-0.4, -0.2) is 29.6 Å². The van der Waals surface area contributed by atoms with Gasteiger partial charge in [-0.25, -0.2) is 0 Å². The lowest BCUT2D eigenvalue weighted by molar-refractivity contribution is -0.155. The van der Waals surface area contributed by atoms with Gasteiger partial charge in [0.25, 0.3) is 0 Å². The molecule has 0 aliphatic rings. The van der Waals surface area contributed by atoms with Crippen LogP contribution in [0.5, 0.6) is 0 Å². The standard InChI is InChI=1S/C15H27NO2/c1-7-9-13(3)16(11-8-2)12-10-14(17)18-15(4,5)6/h7,9H,1,8,10-12H2,2-6H3/b13-9+. The van der Waals surface area contributed by atoms with E-state index < -0.39 is 5.60 Å². The van der Waals surface area contributed by atoms with E-state index in [2.05, 4.69) is 18.4 Å². The fourth-order valence-corrected chi connectivity index (χ4v) is 1.63. The third-order valence-corrected chi connectivity index (χ3v) is 2.36. The summed E-state index contributed by atoms with van der Waals surface area (Å²) in [5, 5.41) is 0. The van der Waals surface area contributed by atoms with Gasteiger partial charge in [-0.1, -0.05) is 19.6 Å². The molecule has 0 aromatic heterocycles. The molecule has 0 rings (SSSR count). The van der Waals surface area contributed by atoms with Gasteiger partial charge in [0, 0.05) is 18.8 Å². The largest absolute Gasteiger partial charge is 0.460 e. The van der Waals surface area contributed by atoms with Crippen molar-refractivity contribution in [3.8, 4) is 0 Å². The van der Waals surface area contributed by atoms with E-state index in [1.54, 1.807) is 6.08 Å². The number of ether oxygens (including phenoxy) is 1. The molecule has 0 aliphatic heterocycles. The highest BCUT2D eigenvalue weighted by atomic mass is 16.6. The zero-order chi connectivity index (χ0) is 14.2. The van der Waals surface area contributed by atoms with Gasteiger partial charge in [-0.15, -0.1) is 0 Å². The van der Waals surface area contributed by atoms with Crippen LogP contribution in [0.15, 0.2) is 24.4 Å². The van der Waals surface area contributed by atoms with E-state index in [1.165, 1.54) is 0 Å². The van der Waals surface area contributed by atoms with Crippen molar-refractivity contribution in [3.05, 3.63) is 24.4 Å². The fraction of sp³-hybridized carbons (Fsp3) is 0.667. The molecule has 0 N–H and O–H groups in total. The monoisotopic (exact) mass is 253 g/mol. The average Bonchev–Trinajstić information content (AvgIpc) is 2.21. The van der Waals surface area contributed by atoms with Gasteiger partial charge in [0.05, 0.1) is 6.42 Å². The molecule has 18 heavy (non-hydrogen) atoms. The van der Waals surface area contributed by atoms with Crippen LogP contribution in [0.1, 0.15) is 47.5 Å². The third-order valence-electron chi connectivity index (χ3n) is 2.36. The lowest BCUT2D eigenvalue weighted by atomic mass is 10.2. The van der Waals surface area contributed by atoms with E-state index >= 15 is 0 Å². The Bertz CT molecular complexity index is 300. The second-order valence-corrected chi connectivity index (χ2v) is 5.37. The van der Waals surface area contributed by atoms with Crippen molar-refractivity contribution in [2.45, 2.75) is 53.1 Å². The van der Waals surface area contributed by atoms with Crippen molar-refractivity contribution in [3.63, 3.8) is 0 Å². The Hall–Kier alpha value is -1.25. The van der Waals surface area contributed by atoms with Crippen molar-refractivity contribution < 1.29 is 9.53 Å². The number of hydrogen-bond acceptors (Lipinski definition) is 3. The van der Waals surface area contributed by atoms with E-state index in [9.17, 15) is 4.79 Å². The highest BCUT2D eigenvalue weighted by Gasteiger charge is 2.16. The molecule has 3 heteroatoms. The van der Waals surface area contributed by atoms with Crippen LogP contribution >= 0.6 is 0 Å². The van der Waals surface area contributed by atoms with Crippen LogP contribution in [-0.2, 0) is 9.53 Å². The molecular formula is C15H27NO2. The Labute approximate surface area is 112 Å². The van der Waals surface area contributed by atoms with Gasteiger partial charge in [0.2, 0.25) is 0 Å². The lowest BCUT2D eigenvalue weighted by Crippen LogP contribution is -2.29. The fourth-order valence-electron chi connectivity index (χ4n) is 1.63. The summed E-state index contributed by atoms with van der Waals surface area (Å²) in [6.07, 6.45) is 5.20. The van der Waals surface area contributed by atoms with Crippen molar-refractivity contribution >= 4 is 5.97 Å². The second-order valence-electron chi connectivity index (χ2n) is 5.37. The summed E-state index contributed by atoms with van der Waals surface area (Å²) >= 11 is 0. The zero-order valence-corrected chi connectivity index (χ0v) is 12.5. The molecule has 0 fully saturated rings. The minimum atomic E-state index is -0.404. The molecule has 3 nitrogen and oxygen atoms in total. The van der Waals surface area contributed by atoms with Crippen LogP contribution < -0.4 is 0 Å². The van der Waals surface area contributed by atoms with Gasteiger partial charge in [-0.3, -0.25) is 4.79 Å². The summed E-state index contributed by atoms with van der Waals surface area (Å²) < 4.78 is 5.30. The van der Waals surface area contributed by atoms with Crippen molar-refractivity contribution in [1.82, 2.24) is 4.90 Å². The predicted octanol–water partition coefficient (Wildman–Crippen LogP) is 3.52. The number of allylic oxidation sites excluding steroid dienone is 3. The predicted molar refractivity (Wildman–Crippen MR) is 76.3 cm³/mol. The normalized spacial score (nSPS) is 12.2. The summed E-state index contributed by atoms with van der Waals surface area (Å²) in [5.74, 6) is -0.144. The molecule has 0 spiro atoms. The molecule has 0 aromatic carbocycles. The van der Waals surface area contributed by atoms with Crippen molar-refractivity contribution in [2.24, 2.45) is 0 Å². The molecule has 0 unspecified atom stereocenters. The van der Waals surface area contributed by atoms with Gasteiger partial charge in [-0.05, 0) is 40.2 Å². The van der Waals surface area contributed by atoms with Gasteiger partial charge in [0.15, 0.2) is 0 Å². The first-order valence-corrected chi connectivity index (χ1v) is 6.56. The van der Waals surface area contributed by atoms with Crippen molar-refractivity contribution in [1.29, 1.82) is 0 Å². The van der Waals surface area contributed by atoms with E-state index in [-0.39, 0.29) is 5.97 Å². The van der Waals surface area contributed by atoms with Gasteiger partial charge >= 0.3 is 5.97 Å². The average molecular weight is 253 g/mol. The molecule has 104 valence electrons. The topological polar surface area (TPSA) is 29.5 Å². The lowest BCUT2D eigenvalue weighted by Gasteiger charge is -2.25. The SMILES string of the molecule is C=C/C=C(\C)N(CCC)CCC(=O)OC(C)(C)C. The number of carbonyl (C=O) groups is 1. The first-order chi connectivity index (χ1) is 8.30. The highest BCUT2D eigenvalue weighted by molar-refractivity contribution is 5.70. The number of hydrogen-bond donors (Lipinski definition) is 0. The van der Waals surface area contributed by atoms with Gasteiger partial charge in [0.1, 0.15) is 5.60 Å². The van der Waals surface area contributed by atoms with E-state index in [0.29, 0.717) is 13.0 Å². The molecule has 0 radical (unpaired) electrons. The Kier molecular flexibility index (Phi) is 7.41. The Balaban J connectivity index is 4.31. The Morgan fingerprint density at radius 2 is 1.94 bits per heavy atom. The van der Waals surface area contributed by atoms with E-state index in [4.69, 9.17) is 4.74 Å². The van der Waals surface area contributed by atoms with Crippen LogP contribution in [0.25, 0.3) is 0 Å². The van der Waals surface area contributed by atoms with Gasteiger partial charge < -0.3 is 9.64 Å². The molecule has 0 saturated heterocycles. The van der Waals surface area contributed by atoms with Crippen LogP contribution in [0.4, 0.5) is 0 Å². The quantitative estimate of drug-likeness (QED) is 0.513. The van der Waals surface area contributed by atoms with Crippen molar-refractivity contribution in [2.75, 3.05) is 13.1 Å². The molecular weight excluding hydrogens is 226 g/mol. The maximum atomic E-state index is 11.7. The minimum Gasteiger partial charge on any atom is -0.460 e. The molecule has 0 aromatic rings. The number of nitrogens with zero attached hydrogens (tertiary/aromatic N) is 1. The number of rotatable bonds is 7. The molecule has 0 saturated carbocycles. The summed E-state index contributed by atoms with van der Waals surface area (Å²) in [6, 6.07) is 0. The van der Waals surface area contributed by atoms with Crippen LogP contribution in [0.3, 0.4) is 0 Å². The molecule has 0 heterocycles. The van der Waals surface area contributed by atoms with Gasteiger partial charge in [-0.2, -0.15) is 0 Å². The highest BCUT2D eigenvalue weighted by Crippen LogP contribution is 2.10. The molecule has 0 bridgehead atoms. The summed E-state index contributed by atoms with van der Waals surface area (Å²) in [7, 11) is 0. The van der Waals surface area contributed by atoms with E-state index in [0.717, 1.165) is 18.7 Å². The smallest absolute Gasteiger partial charge is 0.308 e. The first kappa shape index (κ1) is 16.8. The minimum absolute atomic E-state index is 0.144. The molecule has 0 amide bonds. The summed E-state index contributed by atoms with van der Waals surface area (Å²) in [4.78, 5) is 13.8. The molecule has 0 aliphatic carbocycles. The summed E-state index contributed by atoms with van der Waals surface area (Å²) in [6.45, 7) is 15.1. The Morgan fingerprint density at radius 3 is 2.39 bits per heavy atom. The van der Waals surface area contributed by atoms with Crippen LogP contribution in [0, 0.1) is 0 Å². The first-order valence-electron chi connectivity index (χ1n) is 6.56. The maximum absolute atomic E-state index is 11.7. The number of carbonyl (C=O) groups excluding carboxylic acids is 1. The van der Waals surface area contributed by atoms with Crippen LogP contribution in [0.2, 0.25) is 0 Å². The van der Waals surface area contributed by atoms with E-state index in [1.807, 2.05) is 33.8 Å². The molecule has 0 atom stereocenters. The third kappa shape index (κ3) is 7.93. The maximum Gasteiger partial charge on any atom is 0.308 e. The Morgan fingerprint density at radius 1 is 1.33 bits per heavy atom. The number of esters is 1. The summed E-state index contributed by atoms with van der Waals surface area (Å²) in [5.41, 5.74) is 0.731.